The van der Waals surface area contributed by atoms with Crippen LogP contribution in [0.3, 0.4) is 0 Å². The van der Waals surface area contributed by atoms with Gasteiger partial charge in [-0.1, -0.05) is 36.6 Å². The van der Waals surface area contributed by atoms with Crippen LogP contribution < -0.4 is 5.73 Å². The van der Waals surface area contributed by atoms with Crippen LogP contribution in [0.1, 0.15) is 68.7 Å². The van der Waals surface area contributed by atoms with Crippen molar-refractivity contribution in [1.82, 2.24) is 4.90 Å². The third-order valence-electron chi connectivity index (χ3n) is 2.41. The summed E-state index contributed by atoms with van der Waals surface area (Å²) in [5.41, 5.74) is 4.50. The SMILES string of the molecule is C.C.C.C.C=O.C=O.CCC(=O)CCO.CN.O=C(CCO)N1C(=O)CCC1=O. The van der Waals surface area contributed by atoms with Crippen molar-refractivity contribution in [3.63, 3.8) is 0 Å². The number of hydrogen-bond acceptors (Lipinski definition) is 9. The van der Waals surface area contributed by atoms with Gasteiger partial charge >= 0.3 is 0 Å². The van der Waals surface area contributed by atoms with E-state index < -0.39 is 17.7 Å². The predicted molar refractivity (Wildman–Crippen MR) is 116 cm³/mol. The molecule has 0 aromatic rings. The van der Waals surface area contributed by atoms with Gasteiger partial charge in [0.1, 0.15) is 19.4 Å². The highest BCUT2D eigenvalue weighted by atomic mass is 16.3. The Labute approximate surface area is 176 Å². The number of likely N-dealkylation sites (tertiary alicyclic amines) is 1. The van der Waals surface area contributed by atoms with E-state index >= 15 is 0 Å². The number of Topliss-reactive ketones (excluding diaryl/α,β-unsaturated/α-hetero) is 1. The molecule has 0 aliphatic carbocycles. The summed E-state index contributed by atoms with van der Waals surface area (Å²) >= 11 is 0. The molecule has 0 aromatic carbocycles. The van der Waals surface area contributed by atoms with Gasteiger partial charge in [0, 0.05) is 32.3 Å². The topological polar surface area (TPSA) is 172 Å². The molecule has 0 saturated carbocycles. The van der Waals surface area contributed by atoms with Crippen molar-refractivity contribution in [2.24, 2.45) is 5.73 Å². The second-order valence-electron chi connectivity index (χ2n) is 3.86. The number of nitrogens with two attached hydrogens (primary N) is 1. The number of rotatable bonds is 5. The summed E-state index contributed by atoms with van der Waals surface area (Å²) in [6.45, 7) is 5.44. The van der Waals surface area contributed by atoms with Crippen molar-refractivity contribution >= 4 is 37.1 Å². The van der Waals surface area contributed by atoms with E-state index in [-0.39, 0.29) is 68.0 Å². The molecule has 0 spiro atoms. The third kappa shape index (κ3) is 28.0. The zero-order valence-electron chi connectivity index (χ0n) is 14.7. The average Bonchev–Trinajstić information content (AvgIpc) is 2.99. The van der Waals surface area contributed by atoms with Gasteiger partial charge in [0.15, 0.2) is 0 Å². The Balaban J connectivity index is -0.0000000381. The highest BCUT2D eigenvalue weighted by Gasteiger charge is 2.33. The molecule has 0 radical (unpaired) electrons. The lowest BCUT2D eigenvalue weighted by atomic mass is 10.2. The summed E-state index contributed by atoms with van der Waals surface area (Å²) in [4.78, 5) is 59.7. The van der Waals surface area contributed by atoms with Crippen molar-refractivity contribution in [2.75, 3.05) is 20.3 Å². The van der Waals surface area contributed by atoms with Crippen LogP contribution in [-0.2, 0) is 28.8 Å². The van der Waals surface area contributed by atoms with E-state index in [1.54, 1.807) is 6.92 Å². The predicted octanol–water partition coefficient (Wildman–Crippen LogP) is 1.14. The lowest BCUT2D eigenvalue weighted by Gasteiger charge is -2.09. The molecule has 1 fully saturated rings. The Morgan fingerprint density at radius 3 is 1.38 bits per heavy atom. The van der Waals surface area contributed by atoms with E-state index in [9.17, 15) is 19.2 Å². The van der Waals surface area contributed by atoms with Crippen LogP contribution in [0.15, 0.2) is 0 Å². The van der Waals surface area contributed by atoms with Gasteiger partial charge in [-0.15, -0.1) is 0 Å². The fourth-order valence-corrected chi connectivity index (χ4v) is 1.36. The van der Waals surface area contributed by atoms with Crippen molar-refractivity contribution in [1.29, 1.82) is 0 Å². The molecule has 10 heteroatoms. The number of carbonyl (C=O) groups is 6. The number of imide groups is 3. The fourth-order valence-electron chi connectivity index (χ4n) is 1.36. The normalized spacial score (nSPS) is 9.76. The molecule has 1 heterocycles. The monoisotopic (exact) mass is 428 g/mol. The number of amides is 3. The largest absolute Gasteiger partial charge is 0.396 e. The smallest absolute Gasteiger partial charge is 0.238 e. The van der Waals surface area contributed by atoms with E-state index in [2.05, 4.69) is 5.73 Å². The molecule has 0 unspecified atom stereocenters. The van der Waals surface area contributed by atoms with Gasteiger partial charge in [-0.05, 0) is 7.05 Å². The molecule has 10 nitrogen and oxygen atoms in total. The maximum absolute atomic E-state index is 11.0. The minimum Gasteiger partial charge on any atom is -0.396 e. The van der Waals surface area contributed by atoms with Gasteiger partial charge in [-0.2, -0.15) is 0 Å². The van der Waals surface area contributed by atoms with Crippen LogP contribution in [0.4, 0.5) is 0 Å². The first-order valence-corrected chi connectivity index (χ1v) is 7.25. The Bertz CT molecular complexity index is 372. The van der Waals surface area contributed by atoms with Crippen molar-refractivity contribution in [2.45, 2.75) is 68.7 Å². The molecule has 4 N–H and O–H groups in total. The summed E-state index contributed by atoms with van der Waals surface area (Å²) in [5, 5.41) is 16.5. The van der Waals surface area contributed by atoms with Crippen LogP contribution in [0.5, 0.6) is 0 Å². The zero-order chi connectivity index (χ0) is 20.8. The Kier molecular flexibility index (Phi) is 70.3. The summed E-state index contributed by atoms with van der Waals surface area (Å²) in [7, 11) is 1.50. The molecule has 1 aliphatic rings. The van der Waals surface area contributed by atoms with Gasteiger partial charge in [0.25, 0.3) is 0 Å². The van der Waals surface area contributed by atoms with E-state index in [1.807, 2.05) is 13.6 Å². The highest BCUT2D eigenvalue weighted by molar-refractivity contribution is 6.14. The van der Waals surface area contributed by atoms with Gasteiger partial charge in [-0.25, -0.2) is 4.90 Å². The first-order chi connectivity index (χ1) is 12.0. The molecular formula is C19H44N2O8. The summed E-state index contributed by atoms with van der Waals surface area (Å²) in [5.74, 6) is -1.40. The third-order valence-corrected chi connectivity index (χ3v) is 2.41. The van der Waals surface area contributed by atoms with Gasteiger partial charge < -0.3 is 25.5 Å². The lowest BCUT2D eigenvalue weighted by molar-refractivity contribution is -0.149. The van der Waals surface area contributed by atoms with Gasteiger partial charge in [-0.3, -0.25) is 19.2 Å². The minimum absolute atomic E-state index is 0. The van der Waals surface area contributed by atoms with Crippen LogP contribution in [0, 0.1) is 0 Å². The Hall–Kier alpha value is -2.30. The molecule has 0 atom stereocenters. The number of ketones is 1. The maximum atomic E-state index is 11.0. The number of aliphatic hydroxyl groups is 2. The van der Waals surface area contributed by atoms with E-state index in [0.717, 1.165) is 0 Å². The van der Waals surface area contributed by atoms with E-state index in [4.69, 9.17) is 19.8 Å². The molecule has 3 amide bonds. The van der Waals surface area contributed by atoms with Crippen LogP contribution in [0.25, 0.3) is 0 Å². The number of nitrogens with zero attached hydrogens (tertiary/aromatic N) is 1. The molecule has 0 bridgehead atoms. The lowest BCUT2D eigenvalue weighted by Crippen LogP contribution is -2.35. The number of carbonyl (C=O) groups excluding carboxylic acids is 6. The highest BCUT2D eigenvalue weighted by Crippen LogP contribution is 2.12. The molecular weight excluding hydrogens is 384 g/mol. The zero-order valence-corrected chi connectivity index (χ0v) is 14.7. The Morgan fingerprint density at radius 2 is 1.17 bits per heavy atom. The molecule has 1 saturated heterocycles. The number of hydrogen-bond donors (Lipinski definition) is 3. The van der Waals surface area contributed by atoms with E-state index in [0.29, 0.717) is 17.7 Å². The first-order valence-electron chi connectivity index (χ1n) is 7.25. The summed E-state index contributed by atoms with van der Waals surface area (Å²) in [6.07, 6.45) is 0.903. The molecule has 178 valence electrons. The standard InChI is InChI=1S/C7H9NO4.C5H10O2.CH5N.2CH2O.4CH4/c9-4-3-7(12)8-5(10)1-2-6(8)11;1-2-5(7)3-4-6;3*1-2;;;;/h9H,1-4H2;6H,2-4H2,1H3;2H2,1H3;2*1H2;4*1H4. The van der Waals surface area contributed by atoms with Crippen molar-refractivity contribution < 1.29 is 39.0 Å². The van der Waals surface area contributed by atoms with Crippen LogP contribution in [-0.4, -0.2) is 72.5 Å². The first kappa shape index (κ1) is 50.4. The van der Waals surface area contributed by atoms with Crippen molar-refractivity contribution in [3.8, 4) is 0 Å². The Morgan fingerprint density at radius 1 is 0.862 bits per heavy atom. The maximum Gasteiger partial charge on any atom is 0.238 e. The second kappa shape index (κ2) is 40.4. The molecule has 0 aromatic heterocycles. The van der Waals surface area contributed by atoms with Gasteiger partial charge in [0.05, 0.1) is 13.0 Å². The van der Waals surface area contributed by atoms with Crippen LogP contribution >= 0.6 is 0 Å². The molecule has 1 rings (SSSR count). The summed E-state index contributed by atoms with van der Waals surface area (Å²) in [6, 6.07) is 0. The second-order valence-corrected chi connectivity index (χ2v) is 3.86. The number of aliphatic hydroxyl groups excluding tert-OH is 2. The summed E-state index contributed by atoms with van der Waals surface area (Å²) < 4.78 is 0. The average molecular weight is 429 g/mol. The molecule has 1 aliphatic heterocycles. The van der Waals surface area contributed by atoms with Crippen molar-refractivity contribution in [3.05, 3.63) is 0 Å². The van der Waals surface area contributed by atoms with Gasteiger partial charge in [0.2, 0.25) is 17.7 Å². The van der Waals surface area contributed by atoms with E-state index in [1.165, 1.54) is 7.05 Å². The quantitative estimate of drug-likeness (QED) is 0.543. The molecule has 29 heavy (non-hydrogen) atoms. The minimum atomic E-state index is -0.606. The van der Waals surface area contributed by atoms with Crippen LogP contribution in [0.2, 0.25) is 0 Å². The fraction of sp³-hybridized carbons (Fsp3) is 0.684.